The third kappa shape index (κ3) is 3.97. The zero-order valence-corrected chi connectivity index (χ0v) is 12.3. The quantitative estimate of drug-likeness (QED) is 0.809. The summed E-state index contributed by atoms with van der Waals surface area (Å²) >= 11 is 0. The Hall–Kier alpha value is -1.55. The fourth-order valence-corrected chi connectivity index (χ4v) is 2.78. The van der Waals surface area contributed by atoms with Crippen LogP contribution in [0.3, 0.4) is 0 Å². The lowest BCUT2D eigenvalue weighted by Gasteiger charge is -2.31. The number of para-hydroxylation sites is 1. The molecule has 1 aromatic carbocycles. The summed E-state index contributed by atoms with van der Waals surface area (Å²) in [4.78, 5) is 14.5. The molecule has 20 heavy (non-hydrogen) atoms. The van der Waals surface area contributed by atoms with Crippen LogP contribution < -0.4 is 11.1 Å². The summed E-state index contributed by atoms with van der Waals surface area (Å²) in [5, 5.41) is 2.98. The normalized spacial score (nSPS) is 17.1. The van der Waals surface area contributed by atoms with Crippen LogP contribution in [0, 0.1) is 5.92 Å². The van der Waals surface area contributed by atoms with Crippen molar-refractivity contribution in [2.24, 2.45) is 5.92 Å². The number of rotatable bonds is 5. The summed E-state index contributed by atoms with van der Waals surface area (Å²) in [6.45, 7) is 6.49. The first-order valence-corrected chi connectivity index (χ1v) is 7.55. The second-order valence-electron chi connectivity index (χ2n) is 5.51. The molecule has 0 saturated carbocycles. The molecule has 0 spiro atoms. The molecule has 0 bridgehead atoms. The van der Waals surface area contributed by atoms with Crippen LogP contribution in [-0.2, 0) is 0 Å². The minimum absolute atomic E-state index is 0.0610. The number of piperidine rings is 1. The predicted molar refractivity (Wildman–Crippen MR) is 82.6 cm³/mol. The molecule has 2 rings (SSSR count). The summed E-state index contributed by atoms with van der Waals surface area (Å²) in [5.41, 5.74) is 6.92. The highest BCUT2D eigenvalue weighted by Gasteiger charge is 2.18. The summed E-state index contributed by atoms with van der Waals surface area (Å²) in [6.07, 6.45) is 3.56. The molecule has 110 valence electrons. The summed E-state index contributed by atoms with van der Waals surface area (Å²) in [7, 11) is 0. The third-order valence-electron chi connectivity index (χ3n) is 4.20. The van der Waals surface area contributed by atoms with Gasteiger partial charge in [-0.1, -0.05) is 19.1 Å². The first kappa shape index (κ1) is 14.9. The smallest absolute Gasteiger partial charge is 0.253 e. The molecular formula is C16H25N3O. The molecule has 1 aliphatic rings. The average molecular weight is 275 g/mol. The molecule has 4 nitrogen and oxygen atoms in total. The maximum Gasteiger partial charge on any atom is 0.253 e. The van der Waals surface area contributed by atoms with E-state index in [9.17, 15) is 4.79 Å². The maximum absolute atomic E-state index is 12.0. The van der Waals surface area contributed by atoms with E-state index in [-0.39, 0.29) is 5.91 Å². The SMILES string of the molecule is CCN1CCC(CCNC(=O)c2ccccc2N)CC1. The van der Waals surface area contributed by atoms with Crippen molar-refractivity contribution in [3.8, 4) is 0 Å². The van der Waals surface area contributed by atoms with Crippen LogP contribution in [0.25, 0.3) is 0 Å². The molecule has 3 N–H and O–H groups in total. The molecule has 1 fully saturated rings. The van der Waals surface area contributed by atoms with E-state index < -0.39 is 0 Å². The van der Waals surface area contributed by atoms with Crippen molar-refractivity contribution in [2.45, 2.75) is 26.2 Å². The molecule has 0 unspecified atom stereocenters. The highest BCUT2D eigenvalue weighted by molar-refractivity contribution is 5.98. The van der Waals surface area contributed by atoms with E-state index >= 15 is 0 Å². The van der Waals surface area contributed by atoms with Gasteiger partial charge < -0.3 is 16.0 Å². The Kier molecular flexibility index (Phi) is 5.41. The van der Waals surface area contributed by atoms with Gasteiger partial charge in [-0.25, -0.2) is 0 Å². The molecule has 1 aromatic rings. The Morgan fingerprint density at radius 2 is 2.05 bits per heavy atom. The molecule has 1 saturated heterocycles. The van der Waals surface area contributed by atoms with Gasteiger partial charge >= 0.3 is 0 Å². The first-order chi connectivity index (χ1) is 9.70. The number of likely N-dealkylation sites (tertiary alicyclic amines) is 1. The fourth-order valence-electron chi connectivity index (χ4n) is 2.78. The fraction of sp³-hybridized carbons (Fsp3) is 0.562. The van der Waals surface area contributed by atoms with Crippen molar-refractivity contribution in [1.82, 2.24) is 10.2 Å². The number of nitrogen functional groups attached to an aromatic ring is 1. The molecule has 1 heterocycles. The summed E-state index contributed by atoms with van der Waals surface area (Å²) < 4.78 is 0. The van der Waals surface area contributed by atoms with Gasteiger partial charge in [0, 0.05) is 12.2 Å². The van der Waals surface area contributed by atoms with E-state index in [1.54, 1.807) is 12.1 Å². The van der Waals surface area contributed by atoms with Crippen LogP contribution >= 0.6 is 0 Å². The standard InChI is InChI=1S/C16H25N3O/c1-2-19-11-8-13(9-12-19)7-10-18-16(20)14-5-3-4-6-15(14)17/h3-6,13H,2,7-12,17H2,1H3,(H,18,20). The van der Waals surface area contributed by atoms with Gasteiger partial charge in [-0.3, -0.25) is 4.79 Å². The molecule has 0 aromatic heterocycles. The largest absolute Gasteiger partial charge is 0.398 e. The van der Waals surface area contributed by atoms with Crippen molar-refractivity contribution < 1.29 is 4.79 Å². The predicted octanol–water partition coefficient (Wildman–Crippen LogP) is 2.12. The number of amides is 1. The summed E-state index contributed by atoms with van der Waals surface area (Å²) in [5.74, 6) is 0.681. The van der Waals surface area contributed by atoms with E-state index in [0.29, 0.717) is 11.3 Å². The summed E-state index contributed by atoms with van der Waals surface area (Å²) in [6, 6.07) is 7.21. The lowest BCUT2D eigenvalue weighted by Crippen LogP contribution is -2.35. The second-order valence-corrected chi connectivity index (χ2v) is 5.51. The maximum atomic E-state index is 12.0. The lowest BCUT2D eigenvalue weighted by molar-refractivity contribution is 0.0949. The molecule has 0 radical (unpaired) electrons. The van der Waals surface area contributed by atoms with Gasteiger partial charge in [0.25, 0.3) is 5.91 Å². The number of anilines is 1. The molecular weight excluding hydrogens is 250 g/mol. The minimum atomic E-state index is -0.0610. The van der Waals surface area contributed by atoms with Gasteiger partial charge in [-0.05, 0) is 56.9 Å². The first-order valence-electron chi connectivity index (χ1n) is 7.55. The zero-order chi connectivity index (χ0) is 14.4. The number of nitrogens with two attached hydrogens (primary N) is 1. The van der Waals surface area contributed by atoms with Crippen molar-refractivity contribution in [3.05, 3.63) is 29.8 Å². The van der Waals surface area contributed by atoms with E-state index in [4.69, 9.17) is 5.73 Å². The Morgan fingerprint density at radius 3 is 2.70 bits per heavy atom. The van der Waals surface area contributed by atoms with Gasteiger partial charge in [0.2, 0.25) is 0 Å². The van der Waals surface area contributed by atoms with Gasteiger partial charge in [-0.2, -0.15) is 0 Å². The Bertz CT molecular complexity index is 439. The van der Waals surface area contributed by atoms with Crippen LogP contribution in [0.15, 0.2) is 24.3 Å². The van der Waals surface area contributed by atoms with Crippen LogP contribution in [0.2, 0.25) is 0 Å². The number of hydrogen-bond donors (Lipinski definition) is 2. The number of nitrogens with zero attached hydrogens (tertiary/aromatic N) is 1. The topological polar surface area (TPSA) is 58.4 Å². The van der Waals surface area contributed by atoms with Crippen LogP contribution in [0.4, 0.5) is 5.69 Å². The molecule has 0 aliphatic carbocycles. The van der Waals surface area contributed by atoms with E-state index in [0.717, 1.165) is 25.4 Å². The second kappa shape index (κ2) is 7.29. The van der Waals surface area contributed by atoms with Crippen molar-refractivity contribution in [1.29, 1.82) is 0 Å². The number of carbonyl (C=O) groups excluding carboxylic acids is 1. The minimum Gasteiger partial charge on any atom is -0.398 e. The Balaban J connectivity index is 1.71. The molecule has 0 atom stereocenters. The lowest BCUT2D eigenvalue weighted by atomic mass is 9.93. The van der Waals surface area contributed by atoms with Crippen molar-refractivity contribution in [3.63, 3.8) is 0 Å². The van der Waals surface area contributed by atoms with Crippen molar-refractivity contribution >= 4 is 11.6 Å². The zero-order valence-electron chi connectivity index (χ0n) is 12.3. The Labute approximate surface area is 121 Å². The average Bonchev–Trinajstić information content (AvgIpc) is 2.48. The number of hydrogen-bond acceptors (Lipinski definition) is 3. The molecule has 1 amide bonds. The van der Waals surface area contributed by atoms with Crippen molar-refractivity contribution in [2.75, 3.05) is 31.9 Å². The number of carbonyl (C=O) groups is 1. The highest BCUT2D eigenvalue weighted by atomic mass is 16.1. The van der Waals surface area contributed by atoms with Gasteiger partial charge in [-0.15, -0.1) is 0 Å². The van der Waals surface area contributed by atoms with E-state index in [1.807, 2.05) is 12.1 Å². The molecule has 1 aliphatic heterocycles. The van der Waals surface area contributed by atoms with Gasteiger partial charge in [0.05, 0.1) is 5.56 Å². The van der Waals surface area contributed by atoms with Gasteiger partial charge in [0.15, 0.2) is 0 Å². The number of benzene rings is 1. The van der Waals surface area contributed by atoms with E-state index in [2.05, 4.69) is 17.1 Å². The monoisotopic (exact) mass is 275 g/mol. The van der Waals surface area contributed by atoms with Crippen LogP contribution in [-0.4, -0.2) is 37.0 Å². The van der Waals surface area contributed by atoms with E-state index in [1.165, 1.54) is 25.9 Å². The molecule has 4 heteroatoms. The third-order valence-corrected chi connectivity index (χ3v) is 4.20. The Morgan fingerprint density at radius 1 is 1.35 bits per heavy atom. The van der Waals surface area contributed by atoms with Crippen LogP contribution in [0.5, 0.6) is 0 Å². The number of nitrogens with one attached hydrogen (secondary N) is 1. The van der Waals surface area contributed by atoms with Gasteiger partial charge in [0.1, 0.15) is 0 Å². The highest BCUT2D eigenvalue weighted by Crippen LogP contribution is 2.19. The van der Waals surface area contributed by atoms with Crippen LogP contribution in [0.1, 0.15) is 36.5 Å².